The van der Waals surface area contributed by atoms with E-state index in [2.05, 4.69) is 18.8 Å². The van der Waals surface area contributed by atoms with E-state index in [0.29, 0.717) is 30.7 Å². The molecule has 158 valence electrons. The van der Waals surface area contributed by atoms with E-state index in [1.54, 1.807) is 13.8 Å². The van der Waals surface area contributed by atoms with Crippen molar-refractivity contribution in [2.75, 3.05) is 0 Å². The van der Waals surface area contributed by atoms with Gasteiger partial charge in [0.2, 0.25) is 0 Å². The molecule has 1 aliphatic carbocycles. The second-order valence-corrected chi connectivity index (χ2v) is 8.49. The standard InChI is InChI=1S/C24H28N2O4/c1-15-18(16(2)26-23(28)19(15)13-25)10-11-22(27)30-21-12-20(24(21,3)4)29-14-17-8-6-5-7-9-17/h5-9,20-21H,10-12,14H2,1-4H3,(H,26,28)/t20-,21-/m0/s1. The fourth-order valence-electron chi connectivity index (χ4n) is 3.97. The molecule has 30 heavy (non-hydrogen) atoms. The Hall–Kier alpha value is -2.91. The lowest BCUT2D eigenvalue weighted by molar-refractivity contribution is -0.206. The summed E-state index contributed by atoms with van der Waals surface area (Å²) in [6.07, 6.45) is 1.15. The Morgan fingerprint density at radius 2 is 1.93 bits per heavy atom. The second kappa shape index (κ2) is 8.85. The summed E-state index contributed by atoms with van der Waals surface area (Å²) in [6, 6.07) is 11.9. The number of H-pyrrole nitrogens is 1. The number of ether oxygens (including phenoxy) is 2. The molecule has 0 aliphatic heterocycles. The number of carbonyl (C=O) groups excluding carboxylic acids is 1. The van der Waals surface area contributed by atoms with E-state index < -0.39 is 5.56 Å². The molecule has 3 rings (SSSR count). The van der Waals surface area contributed by atoms with Gasteiger partial charge < -0.3 is 14.5 Å². The van der Waals surface area contributed by atoms with Gasteiger partial charge in [-0.3, -0.25) is 9.59 Å². The summed E-state index contributed by atoms with van der Waals surface area (Å²) in [5.74, 6) is -0.280. The van der Waals surface area contributed by atoms with Gasteiger partial charge in [0.1, 0.15) is 17.7 Å². The number of nitrogens with one attached hydrogen (secondary N) is 1. The predicted octanol–water partition coefficient (Wildman–Crippen LogP) is 3.72. The average Bonchev–Trinajstić information content (AvgIpc) is 2.70. The van der Waals surface area contributed by atoms with E-state index >= 15 is 0 Å². The molecule has 1 aliphatic rings. The van der Waals surface area contributed by atoms with Crippen molar-refractivity contribution < 1.29 is 14.3 Å². The van der Waals surface area contributed by atoms with E-state index in [1.807, 2.05) is 36.4 Å². The van der Waals surface area contributed by atoms with Crippen LogP contribution < -0.4 is 5.56 Å². The van der Waals surface area contributed by atoms with Gasteiger partial charge in [0.25, 0.3) is 5.56 Å². The molecule has 0 unspecified atom stereocenters. The number of pyridine rings is 1. The molecular formula is C24H28N2O4. The molecule has 1 aromatic heterocycles. The van der Waals surface area contributed by atoms with Crippen molar-refractivity contribution in [2.45, 2.75) is 65.8 Å². The number of rotatable bonds is 7. The van der Waals surface area contributed by atoms with Gasteiger partial charge in [-0.15, -0.1) is 0 Å². The summed E-state index contributed by atoms with van der Waals surface area (Å²) in [6.45, 7) is 8.17. The third-order valence-electron chi connectivity index (χ3n) is 6.15. The number of hydrogen-bond acceptors (Lipinski definition) is 5. The summed E-state index contributed by atoms with van der Waals surface area (Å²) < 4.78 is 11.7. The van der Waals surface area contributed by atoms with Gasteiger partial charge in [-0.1, -0.05) is 44.2 Å². The summed E-state index contributed by atoms with van der Waals surface area (Å²) >= 11 is 0. The van der Waals surface area contributed by atoms with Gasteiger partial charge in [-0.25, -0.2) is 0 Å². The minimum absolute atomic E-state index is 0.0392. The van der Waals surface area contributed by atoms with Crippen LogP contribution in [0.3, 0.4) is 0 Å². The Labute approximate surface area is 176 Å². The first kappa shape index (κ1) is 21.8. The van der Waals surface area contributed by atoms with Gasteiger partial charge in [-0.05, 0) is 37.0 Å². The van der Waals surface area contributed by atoms with Crippen molar-refractivity contribution in [3.8, 4) is 6.07 Å². The molecule has 6 heteroatoms. The number of benzene rings is 1. The van der Waals surface area contributed by atoms with Crippen LogP contribution in [0.4, 0.5) is 0 Å². The molecule has 0 saturated heterocycles. The van der Waals surface area contributed by atoms with Crippen molar-refractivity contribution in [2.24, 2.45) is 5.41 Å². The number of carbonyl (C=O) groups is 1. The number of hydrogen-bond donors (Lipinski definition) is 1. The normalized spacial score (nSPS) is 19.6. The Kier molecular flexibility index (Phi) is 6.42. The first-order chi connectivity index (χ1) is 14.2. The first-order valence-corrected chi connectivity index (χ1v) is 10.2. The molecule has 1 saturated carbocycles. The quantitative estimate of drug-likeness (QED) is 0.705. The Morgan fingerprint density at radius 1 is 1.23 bits per heavy atom. The zero-order chi connectivity index (χ0) is 21.9. The van der Waals surface area contributed by atoms with Crippen LogP contribution in [0.15, 0.2) is 35.1 Å². The van der Waals surface area contributed by atoms with Crippen LogP contribution in [0, 0.1) is 30.6 Å². The highest BCUT2D eigenvalue weighted by atomic mass is 16.6. The van der Waals surface area contributed by atoms with Crippen molar-refractivity contribution in [1.82, 2.24) is 4.98 Å². The van der Waals surface area contributed by atoms with Gasteiger partial charge in [0, 0.05) is 24.0 Å². The van der Waals surface area contributed by atoms with Crippen LogP contribution in [0.25, 0.3) is 0 Å². The summed E-state index contributed by atoms with van der Waals surface area (Å²) in [4.78, 5) is 27.0. The lowest BCUT2D eigenvalue weighted by Gasteiger charge is -2.50. The third-order valence-corrected chi connectivity index (χ3v) is 6.15. The van der Waals surface area contributed by atoms with Crippen LogP contribution in [-0.2, 0) is 27.3 Å². The number of nitriles is 1. The number of aromatic amines is 1. The van der Waals surface area contributed by atoms with E-state index in [4.69, 9.17) is 9.47 Å². The summed E-state index contributed by atoms with van der Waals surface area (Å²) in [5, 5.41) is 9.18. The van der Waals surface area contributed by atoms with Crippen molar-refractivity contribution in [3.05, 3.63) is 68.6 Å². The number of aryl methyl sites for hydroxylation is 1. The fourth-order valence-corrected chi connectivity index (χ4v) is 3.97. The monoisotopic (exact) mass is 408 g/mol. The molecule has 6 nitrogen and oxygen atoms in total. The van der Waals surface area contributed by atoms with Crippen LogP contribution in [0.2, 0.25) is 0 Å². The molecule has 2 atom stereocenters. The highest BCUT2D eigenvalue weighted by Gasteiger charge is 2.51. The number of nitrogens with zero attached hydrogens (tertiary/aromatic N) is 1. The van der Waals surface area contributed by atoms with E-state index in [9.17, 15) is 14.9 Å². The molecule has 2 aromatic rings. The number of esters is 1. The zero-order valence-electron chi connectivity index (χ0n) is 18.0. The minimum Gasteiger partial charge on any atom is -0.462 e. The molecule has 1 fully saturated rings. The topological polar surface area (TPSA) is 92.2 Å². The maximum atomic E-state index is 12.4. The maximum absolute atomic E-state index is 12.4. The Balaban J connectivity index is 1.53. The summed E-state index contributed by atoms with van der Waals surface area (Å²) in [5.41, 5.74) is 2.71. The molecule has 0 amide bonds. The number of aromatic nitrogens is 1. The summed E-state index contributed by atoms with van der Waals surface area (Å²) in [7, 11) is 0. The average molecular weight is 408 g/mol. The highest BCUT2D eigenvalue weighted by Crippen LogP contribution is 2.45. The fraction of sp³-hybridized carbons (Fsp3) is 0.458. The van der Waals surface area contributed by atoms with Gasteiger partial charge >= 0.3 is 5.97 Å². The second-order valence-electron chi connectivity index (χ2n) is 8.49. The Morgan fingerprint density at radius 3 is 2.57 bits per heavy atom. The lowest BCUT2D eigenvalue weighted by Crippen LogP contribution is -2.56. The van der Waals surface area contributed by atoms with Crippen molar-refractivity contribution >= 4 is 5.97 Å². The van der Waals surface area contributed by atoms with Crippen LogP contribution >= 0.6 is 0 Å². The van der Waals surface area contributed by atoms with Gasteiger partial charge in [-0.2, -0.15) is 5.26 Å². The van der Waals surface area contributed by atoms with E-state index in [0.717, 1.165) is 11.1 Å². The largest absolute Gasteiger partial charge is 0.462 e. The maximum Gasteiger partial charge on any atom is 0.306 e. The molecule has 0 radical (unpaired) electrons. The smallest absolute Gasteiger partial charge is 0.306 e. The minimum atomic E-state index is -0.392. The van der Waals surface area contributed by atoms with Crippen LogP contribution in [0.1, 0.15) is 54.6 Å². The van der Waals surface area contributed by atoms with Crippen LogP contribution in [-0.4, -0.2) is 23.2 Å². The molecular weight excluding hydrogens is 380 g/mol. The predicted molar refractivity (Wildman–Crippen MR) is 113 cm³/mol. The van der Waals surface area contributed by atoms with Crippen molar-refractivity contribution in [3.63, 3.8) is 0 Å². The zero-order valence-corrected chi connectivity index (χ0v) is 18.0. The van der Waals surface area contributed by atoms with Crippen molar-refractivity contribution in [1.29, 1.82) is 5.26 Å². The molecule has 1 N–H and O–H groups in total. The van der Waals surface area contributed by atoms with Gasteiger partial charge in [0.15, 0.2) is 0 Å². The van der Waals surface area contributed by atoms with E-state index in [-0.39, 0.29) is 35.6 Å². The van der Waals surface area contributed by atoms with E-state index in [1.165, 1.54) is 0 Å². The molecule has 0 spiro atoms. The van der Waals surface area contributed by atoms with Gasteiger partial charge in [0.05, 0.1) is 12.7 Å². The first-order valence-electron chi connectivity index (χ1n) is 10.2. The third kappa shape index (κ3) is 4.47. The Bertz CT molecular complexity index is 1020. The SMILES string of the molecule is Cc1[nH]c(=O)c(C#N)c(C)c1CCC(=O)O[C@H]1C[C@H](OCc2ccccc2)C1(C)C. The van der Waals surface area contributed by atoms with Crippen LogP contribution in [0.5, 0.6) is 0 Å². The highest BCUT2D eigenvalue weighted by molar-refractivity contribution is 5.70. The lowest BCUT2D eigenvalue weighted by atomic mass is 9.66. The molecule has 0 bridgehead atoms. The molecule has 1 heterocycles. The molecule has 1 aromatic carbocycles.